The number of piperazine rings is 1. The average Bonchev–Trinajstić information content (AvgIpc) is 3.31. The highest BCUT2D eigenvalue weighted by Gasteiger charge is 2.28. The Morgan fingerprint density at radius 2 is 2.03 bits per heavy atom. The standard InChI is InChI=1S/C23H30Cl2N4O2/c1-16-15-28(12-13-29(16)20-4-2-3-19(24)21(20)25)11-9-17-5-7-18(8-6-17)27-22(30)23-26-10-14-31-23/h2-4,10,14,16-18H,5-9,11-13,15H2,1H3,(H,27,30)/t16-,17-,18-/m1/s1. The first kappa shape index (κ1) is 22.4. The molecule has 1 atom stereocenters. The second kappa shape index (κ2) is 10.2. The zero-order valence-electron chi connectivity index (χ0n) is 17.9. The fraction of sp³-hybridized carbons (Fsp3) is 0.565. The molecule has 31 heavy (non-hydrogen) atoms. The number of rotatable bonds is 6. The average molecular weight is 465 g/mol. The third-order valence-corrected chi connectivity index (χ3v) is 7.42. The van der Waals surface area contributed by atoms with E-state index in [0.717, 1.165) is 63.5 Å². The molecule has 6 nitrogen and oxygen atoms in total. The quantitative estimate of drug-likeness (QED) is 0.660. The SMILES string of the molecule is C[C@@H]1CN(CC[C@H]2CC[C@H](NC(=O)c3ncco3)CC2)CCN1c1cccc(Cl)c1Cl. The Kier molecular flexibility index (Phi) is 7.41. The van der Waals surface area contributed by atoms with E-state index in [1.165, 1.54) is 18.9 Å². The van der Waals surface area contributed by atoms with Crippen molar-refractivity contribution in [3.05, 3.63) is 46.6 Å². The number of halogens is 2. The number of hydrogen-bond donors (Lipinski definition) is 1. The minimum absolute atomic E-state index is 0.148. The van der Waals surface area contributed by atoms with Gasteiger partial charge in [0.1, 0.15) is 6.26 Å². The molecule has 1 amide bonds. The monoisotopic (exact) mass is 464 g/mol. The molecule has 2 heterocycles. The van der Waals surface area contributed by atoms with Gasteiger partial charge in [0.25, 0.3) is 5.89 Å². The van der Waals surface area contributed by atoms with Crippen molar-refractivity contribution in [2.75, 3.05) is 31.1 Å². The Bertz CT molecular complexity index is 868. The molecule has 0 radical (unpaired) electrons. The lowest BCUT2D eigenvalue weighted by molar-refractivity contribution is 0.0884. The first-order valence-electron chi connectivity index (χ1n) is 11.1. The van der Waals surface area contributed by atoms with E-state index >= 15 is 0 Å². The van der Waals surface area contributed by atoms with E-state index in [-0.39, 0.29) is 17.8 Å². The predicted molar refractivity (Wildman–Crippen MR) is 124 cm³/mol. The third kappa shape index (κ3) is 5.54. The van der Waals surface area contributed by atoms with Gasteiger partial charge in [-0.2, -0.15) is 0 Å². The van der Waals surface area contributed by atoms with Gasteiger partial charge in [-0.15, -0.1) is 0 Å². The summed E-state index contributed by atoms with van der Waals surface area (Å²) in [5, 5.41) is 4.31. The summed E-state index contributed by atoms with van der Waals surface area (Å²) in [6, 6.07) is 6.47. The minimum Gasteiger partial charge on any atom is -0.441 e. The molecule has 0 bridgehead atoms. The molecule has 1 N–H and O–H groups in total. The number of carbonyl (C=O) groups is 1. The highest BCUT2D eigenvalue weighted by molar-refractivity contribution is 6.43. The van der Waals surface area contributed by atoms with Crippen LogP contribution in [0.3, 0.4) is 0 Å². The molecule has 2 aliphatic rings. The number of oxazole rings is 1. The van der Waals surface area contributed by atoms with Gasteiger partial charge in [-0.25, -0.2) is 4.98 Å². The van der Waals surface area contributed by atoms with Gasteiger partial charge in [0, 0.05) is 31.7 Å². The molecule has 0 unspecified atom stereocenters. The van der Waals surface area contributed by atoms with Crippen LogP contribution in [0.4, 0.5) is 5.69 Å². The summed E-state index contributed by atoms with van der Waals surface area (Å²) in [6.07, 6.45) is 8.49. The van der Waals surface area contributed by atoms with Crippen LogP contribution in [0.25, 0.3) is 0 Å². The fourth-order valence-electron chi connectivity index (χ4n) is 4.85. The number of nitrogens with zero attached hydrogens (tertiary/aromatic N) is 3. The summed E-state index contributed by atoms with van der Waals surface area (Å²) >= 11 is 12.7. The largest absolute Gasteiger partial charge is 0.441 e. The summed E-state index contributed by atoms with van der Waals surface area (Å²) in [7, 11) is 0. The predicted octanol–water partition coefficient (Wildman–Crippen LogP) is 4.87. The molecule has 1 aromatic heterocycles. The number of hydrogen-bond acceptors (Lipinski definition) is 5. The second-order valence-corrected chi connectivity index (χ2v) is 9.52. The van der Waals surface area contributed by atoms with Crippen LogP contribution in [0.1, 0.15) is 49.7 Å². The fourth-order valence-corrected chi connectivity index (χ4v) is 5.26. The van der Waals surface area contributed by atoms with Crippen molar-refractivity contribution in [1.82, 2.24) is 15.2 Å². The van der Waals surface area contributed by atoms with Crippen molar-refractivity contribution in [2.45, 2.75) is 51.1 Å². The van der Waals surface area contributed by atoms with Gasteiger partial charge in [0.15, 0.2) is 0 Å². The maximum atomic E-state index is 12.1. The normalized spacial score (nSPS) is 24.9. The molecular formula is C23H30Cl2N4O2. The maximum absolute atomic E-state index is 12.1. The number of aromatic nitrogens is 1. The highest BCUT2D eigenvalue weighted by Crippen LogP contribution is 2.34. The van der Waals surface area contributed by atoms with Crippen molar-refractivity contribution in [3.63, 3.8) is 0 Å². The van der Waals surface area contributed by atoms with Crippen LogP contribution in [0.2, 0.25) is 10.0 Å². The van der Waals surface area contributed by atoms with Gasteiger partial charge in [-0.1, -0.05) is 29.3 Å². The lowest BCUT2D eigenvalue weighted by Gasteiger charge is -2.42. The number of amides is 1. The lowest BCUT2D eigenvalue weighted by Crippen LogP contribution is -2.52. The van der Waals surface area contributed by atoms with Crippen LogP contribution in [-0.4, -0.2) is 54.1 Å². The van der Waals surface area contributed by atoms with Gasteiger partial charge >= 0.3 is 5.91 Å². The number of nitrogens with one attached hydrogen (secondary N) is 1. The van der Waals surface area contributed by atoms with Crippen LogP contribution in [-0.2, 0) is 0 Å². The van der Waals surface area contributed by atoms with Gasteiger partial charge in [0.2, 0.25) is 0 Å². The van der Waals surface area contributed by atoms with E-state index < -0.39 is 0 Å². The summed E-state index contributed by atoms with van der Waals surface area (Å²) in [4.78, 5) is 20.9. The molecule has 1 aliphatic heterocycles. The van der Waals surface area contributed by atoms with E-state index in [2.05, 4.69) is 33.1 Å². The zero-order chi connectivity index (χ0) is 21.8. The van der Waals surface area contributed by atoms with Crippen LogP contribution < -0.4 is 10.2 Å². The summed E-state index contributed by atoms with van der Waals surface area (Å²) < 4.78 is 5.07. The first-order valence-corrected chi connectivity index (χ1v) is 11.9. The Labute approximate surface area is 193 Å². The van der Waals surface area contributed by atoms with Crippen LogP contribution >= 0.6 is 23.2 Å². The molecule has 1 aromatic carbocycles. The maximum Gasteiger partial charge on any atom is 0.307 e. The topological polar surface area (TPSA) is 61.6 Å². The third-order valence-electron chi connectivity index (χ3n) is 6.61. The van der Waals surface area contributed by atoms with E-state index in [9.17, 15) is 4.79 Å². The van der Waals surface area contributed by atoms with Crippen molar-refractivity contribution >= 4 is 34.8 Å². The number of benzene rings is 1. The van der Waals surface area contributed by atoms with Crippen molar-refractivity contribution in [3.8, 4) is 0 Å². The number of carbonyl (C=O) groups excluding carboxylic acids is 1. The molecule has 0 spiro atoms. The molecule has 1 saturated carbocycles. The van der Waals surface area contributed by atoms with Crippen LogP contribution in [0.5, 0.6) is 0 Å². The number of anilines is 1. The Morgan fingerprint density at radius 1 is 1.23 bits per heavy atom. The Balaban J connectivity index is 1.19. The summed E-state index contributed by atoms with van der Waals surface area (Å²) in [5.74, 6) is 0.667. The van der Waals surface area contributed by atoms with Gasteiger partial charge in [-0.05, 0) is 63.6 Å². The van der Waals surface area contributed by atoms with E-state index in [1.807, 2.05) is 12.1 Å². The summed E-state index contributed by atoms with van der Waals surface area (Å²) in [6.45, 7) is 6.41. The molecule has 1 aliphatic carbocycles. The van der Waals surface area contributed by atoms with Gasteiger partial charge in [-0.3, -0.25) is 9.69 Å². The summed E-state index contributed by atoms with van der Waals surface area (Å²) in [5.41, 5.74) is 1.03. The first-order chi connectivity index (χ1) is 15.0. The van der Waals surface area contributed by atoms with Crippen molar-refractivity contribution in [2.24, 2.45) is 5.92 Å². The molecule has 1 saturated heterocycles. The Morgan fingerprint density at radius 3 is 2.74 bits per heavy atom. The van der Waals surface area contributed by atoms with Crippen molar-refractivity contribution < 1.29 is 9.21 Å². The molecule has 2 aromatic rings. The zero-order valence-corrected chi connectivity index (χ0v) is 19.4. The molecule has 4 rings (SSSR count). The van der Waals surface area contributed by atoms with Crippen molar-refractivity contribution in [1.29, 1.82) is 0 Å². The van der Waals surface area contributed by atoms with E-state index in [0.29, 0.717) is 16.1 Å². The molecule has 8 heteroatoms. The molecule has 2 fully saturated rings. The van der Waals surface area contributed by atoms with Gasteiger partial charge < -0.3 is 14.6 Å². The van der Waals surface area contributed by atoms with E-state index in [4.69, 9.17) is 27.6 Å². The molecular weight excluding hydrogens is 435 g/mol. The Hall–Kier alpha value is -1.76. The van der Waals surface area contributed by atoms with Gasteiger partial charge in [0.05, 0.1) is 21.9 Å². The second-order valence-electron chi connectivity index (χ2n) is 8.73. The highest BCUT2D eigenvalue weighted by atomic mass is 35.5. The van der Waals surface area contributed by atoms with Crippen LogP contribution in [0, 0.1) is 5.92 Å². The molecule has 168 valence electrons. The van der Waals surface area contributed by atoms with E-state index in [1.54, 1.807) is 0 Å². The van der Waals surface area contributed by atoms with Crippen LogP contribution in [0.15, 0.2) is 35.1 Å². The lowest BCUT2D eigenvalue weighted by atomic mass is 9.84. The smallest absolute Gasteiger partial charge is 0.307 e. The minimum atomic E-state index is -0.208.